The Hall–Kier alpha value is -1.46. The Morgan fingerprint density at radius 1 is 1.50 bits per heavy atom. The van der Waals surface area contributed by atoms with Gasteiger partial charge in [0.05, 0.1) is 10.7 Å². The van der Waals surface area contributed by atoms with Crippen LogP contribution in [0.5, 0.6) is 0 Å². The number of amidine groups is 1. The lowest BCUT2D eigenvalue weighted by Gasteiger charge is -2.34. The minimum atomic E-state index is 0.0512. The van der Waals surface area contributed by atoms with E-state index in [1.54, 1.807) is 12.1 Å². The zero-order valence-electron chi connectivity index (χ0n) is 11.3. The average Bonchev–Trinajstić information content (AvgIpc) is 2.47. The van der Waals surface area contributed by atoms with Crippen LogP contribution in [0.15, 0.2) is 23.4 Å². The first-order valence-electron chi connectivity index (χ1n) is 6.79. The third-order valence-corrected chi connectivity index (χ3v) is 4.05. The zero-order chi connectivity index (χ0) is 14.5. The summed E-state index contributed by atoms with van der Waals surface area (Å²) < 4.78 is 0. The van der Waals surface area contributed by atoms with Gasteiger partial charge < -0.3 is 20.9 Å². The summed E-state index contributed by atoms with van der Waals surface area (Å²) in [5.74, 6) is 0.559. The number of oxime groups is 1. The van der Waals surface area contributed by atoms with E-state index in [9.17, 15) is 0 Å². The Labute approximate surface area is 123 Å². The second-order valence-corrected chi connectivity index (χ2v) is 5.53. The van der Waals surface area contributed by atoms with Crippen LogP contribution in [0.25, 0.3) is 0 Å². The van der Waals surface area contributed by atoms with E-state index in [-0.39, 0.29) is 12.4 Å². The van der Waals surface area contributed by atoms with Crippen molar-refractivity contribution in [1.82, 2.24) is 0 Å². The molecule has 1 atom stereocenters. The molecule has 4 N–H and O–H groups in total. The molecule has 6 heteroatoms. The maximum absolute atomic E-state index is 9.06. The standard InChI is InChI=1S/C14H20ClN3O2/c15-12-8-11(14(16)17-20)3-4-13(12)18-6-1-2-10(9-18)5-7-19/h3-4,8,10,19-20H,1-2,5-7,9H2,(H2,16,17). The van der Waals surface area contributed by atoms with Gasteiger partial charge in [-0.2, -0.15) is 0 Å². The first kappa shape index (κ1) is 14.9. The van der Waals surface area contributed by atoms with E-state index in [2.05, 4.69) is 10.1 Å². The molecule has 1 aromatic rings. The number of rotatable bonds is 4. The van der Waals surface area contributed by atoms with Gasteiger partial charge in [0.2, 0.25) is 0 Å². The number of piperidine rings is 1. The maximum atomic E-state index is 9.06. The molecule has 5 nitrogen and oxygen atoms in total. The van der Waals surface area contributed by atoms with Crippen molar-refractivity contribution in [3.8, 4) is 0 Å². The van der Waals surface area contributed by atoms with Crippen LogP contribution in [0.1, 0.15) is 24.8 Å². The molecule has 1 aromatic carbocycles. The fraction of sp³-hybridized carbons (Fsp3) is 0.500. The van der Waals surface area contributed by atoms with Crippen molar-refractivity contribution in [2.45, 2.75) is 19.3 Å². The number of halogens is 1. The van der Waals surface area contributed by atoms with Gasteiger partial charge in [-0.1, -0.05) is 16.8 Å². The van der Waals surface area contributed by atoms with Gasteiger partial charge >= 0.3 is 0 Å². The molecule has 2 rings (SSSR count). The molecule has 0 bridgehead atoms. The van der Waals surface area contributed by atoms with Crippen LogP contribution in [0.3, 0.4) is 0 Å². The van der Waals surface area contributed by atoms with E-state index in [4.69, 9.17) is 27.6 Å². The lowest BCUT2D eigenvalue weighted by molar-refractivity contribution is 0.244. The molecule has 1 saturated heterocycles. The Morgan fingerprint density at radius 3 is 2.95 bits per heavy atom. The summed E-state index contributed by atoms with van der Waals surface area (Å²) in [7, 11) is 0. The third kappa shape index (κ3) is 3.35. The summed E-state index contributed by atoms with van der Waals surface area (Å²) in [6.07, 6.45) is 3.08. The predicted octanol–water partition coefficient (Wildman–Crippen LogP) is 2.03. The molecule has 1 unspecified atom stereocenters. The second kappa shape index (κ2) is 6.81. The highest BCUT2D eigenvalue weighted by atomic mass is 35.5. The monoisotopic (exact) mass is 297 g/mol. The highest BCUT2D eigenvalue weighted by Gasteiger charge is 2.21. The van der Waals surface area contributed by atoms with Crippen molar-refractivity contribution in [3.05, 3.63) is 28.8 Å². The highest BCUT2D eigenvalue weighted by Crippen LogP contribution is 2.31. The number of hydrogen-bond donors (Lipinski definition) is 3. The zero-order valence-corrected chi connectivity index (χ0v) is 12.1. The smallest absolute Gasteiger partial charge is 0.170 e. The van der Waals surface area contributed by atoms with E-state index in [0.29, 0.717) is 16.5 Å². The van der Waals surface area contributed by atoms with Gasteiger partial charge in [0.25, 0.3) is 0 Å². The van der Waals surface area contributed by atoms with Crippen molar-refractivity contribution in [2.75, 3.05) is 24.6 Å². The third-order valence-electron chi connectivity index (χ3n) is 3.75. The van der Waals surface area contributed by atoms with Crippen LogP contribution in [-0.4, -0.2) is 35.8 Å². The normalized spacial score (nSPS) is 20.2. The molecule has 0 amide bonds. The quantitative estimate of drug-likeness (QED) is 0.344. The number of anilines is 1. The topological polar surface area (TPSA) is 82.1 Å². The SMILES string of the molecule is N/C(=N/O)c1ccc(N2CCCC(CCO)C2)c(Cl)c1. The fourth-order valence-electron chi connectivity index (χ4n) is 2.68. The number of nitrogens with two attached hydrogens (primary N) is 1. The molecule has 1 fully saturated rings. The van der Waals surface area contributed by atoms with E-state index < -0.39 is 0 Å². The highest BCUT2D eigenvalue weighted by molar-refractivity contribution is 6.33. The molecule has 110 valence electrons. The number of hydrogen-bond acceptors (Lipinski definition) is 4. The number of aliphatic hydroxyl groups excluding tert-OH is 1. The predicted molar refractivity (Wildman–Crippen MR) is 80.6 cm³/mol. The Kier molecular flexibility index (Phi) is 5.09. The van der Waals surface area contributed by atoms with Crippen LogP contribution >= 0.6 is 11.6 Å². The largest absolute Gasteiger partial charge is 0.409 e. The molecule has 0 aliphatic carbocycles. The van der Waals surface area contributed by atoms with E-state index in [1.807, 2.05) is 6.07 Å². The molecule has 20 heavy (non-hydrogen) atoms. The molecule has 0 spiro atoms. The summed E-state index contributed by atoms with van der Waals surface area (Å²) in [5.41, 5.74) is 7.12. The average molecular weight is 298 g/mol. The molecule has 1 aliphatic heterocycles. The first-order valence-corrected chi connectivity index (χ1v) is 7.16. The van der Waals surface area contributed by atoms with E-state index >= 15 is 0 Å². The van der Waals surface area contributed by atoms with Gasteiger partial charge in [0.15, 0.2) is 5.84 Å². The molecule has 0 aromatic heterocycles. The van der Waals surface area contributed by atoms with Crippen molar-refractivity contribution in [1.29, 1.82) is 0 Å². The van der Waals surface area contributed by atoms with Gasteiger partial charge in [0.1, 0.15) is 0 Å². The maximum Gasteiger partial charge on any atom is 0.170 e. The van der Waals surface area contributed by atoms with E-state index in [0.717, 1.165) is 38.0 Å². The van der Waals surface area contributed by atoms with Crippen molar-refractivity contribution in [2.24, 2.45) is 16.8 Å². The first-order chi connectivity index (χ1) is 9.65. The van der Waals surface area contributed by atoms with Gasteiger partial charge in [0, 0.05) is 25.3 Å². The minimum Gasteiger partial charge on any atom is -0.409 e. The van der Waals surface area contributed by atoms with Gasteiger partial charge in [-0.15, -0.1) is 0 Å². The Balaban J connectivity index is 2.16. The van der Waals surface area contributed by atoms with Crippen LogP contribution < -0.4 is 10.6 Å². The van der Waals surface area contributed by atoms with E-state index in [1.165, 1.54) is 0 Å². The lowest BCUT2D eigenvalue weighted by Crippen LogP contribution is -2.36. The molecule has 1 heterocycles. The molecule has 1 aliphatic rings. The van der Waals surface area contributed by atoms with Crippen molar-refractivity contribution < 1.29 is 10.3 Å². The van der Waals surface area contributed by atoms with Crippen LogP contribution in [0.2, 0.25) is 5.02 Å². The summed E-state index contributed by atoms with van der Waals surface area (Å²) >= 11 is 6.31. The summed E-state index contributed by atoms with van der Waals surface area (Å²) in [5, 5.41) is 21.3. The summed E-state index contributed by atoms with van der Waals surface area (Å²) in [6.45, 7) is 2.10. The Morgan fingerprint density at radius 2 is 2.30 bits per heavy atom. The van der Waals surface area contributed by atoms with Gasteiger partial charge in [-0.25, -0.2) is 0 Å². The molecular weight excluding hydrogens is 278 g/mol. The van der Waals surface area contributed by atoms with Crippen molar-refractivity contribution >= 4 is 23.1 Å². The summed E-state index contributed by atoms with van der Waals surface area (Å²) in [4.78, 5) is 2.24. The van der Waals surface area contributed by atoms with Crippen LogP contribution in [-0.2, 0) is 0 Å². The van der Waals surface area contributed by atoms with Gasteiger partial charge in [-0.05, 0) is 43.4 Å². The number of aliphatic hydroxyl groups is 1. The number of nitrogens with zero attached hydrogens (tertiary/aromatic N) is 2. The second-order valence-electron chi connectivity index (χ2n) is 5.12. The van der Waals surface area contributed by atoms with Gasteiger partial charge in [-0.3, -0.25) is 0 Å². The van der Waals surface area contributed by atoms with Crippen LogP contribution in [0.4, 0.5) is 5.69 Å². The molecule has 0 saturated carbocycles. The van der Waals surface area contributed by atoms with Crippen molar-refractivity contribution in [3.63, 3.8) is 0 Å². The Bertz CT molecular complexity index is 491. The van der Waals surface area contributed by atoms with Crippen LogP contribution in [0, 0.1) is 5.92 Å². The minimum absolute atomic E-state index is 0.0512. The summed E-state index contributed by atoms with van der Waals surface area (Å²) in [6, 6.07) is 5.41. The molecular formula is C14H20ClN3O2. The fourth-order valence-corrected chi connectivity index (χ4v) is 2.98. The lowest BCUT2D eigenvalue weighted by atomic mass is 9.94. The molecule has 0 radical (unpaired) electrons. The number of benzene rings is 1.